The Morgan fingerprint density at radius 1 is 0.929 bits per heavy atom. The van der Waals surface area contributed by atoms with E-state index >= 15 is 0 Å². The van der Waals surface area contributed by atoms with Gasteiger partial charge in [0.15, 0.2) is 0 Å². The topological polar surface area (TPSA) is 57.7 Å². The Kier molecular flexibility index (Phi) is 6.20. The third-order valence-corrected chi connectivity index (χ3v) is 7.47. The van der Waals surface area contributed by atoms with Crippen LogP contribution in [-0.4, -0.2) is 49.7 Å². The smallest absolute Gasteiger partial charge is 0.243 e. The summed E-state index contributed by atoms with van der Waals surface area (Å²) in [6.45, 7) is 7.22. The summed E-state index contributed by atoms with van der Waals surface area (Å²) < 4.78 is 27.8. The van der Waals surface area contributed by atoms with Gasteiger partial charge in [-0.05, 0) is 43.9 Å². The van der Waals surface area contributed by atoms with Gasteiger partial charge in [0.1, 0.15) is 0 Å². The van der Waals surface area contributed by atoms with Crippen molar-refractivity contribution in [3.8, 4) is 0 Å². The number of hydrogen-bond donors (Lipinski definition) is 0. The van der Waals surface area contributed by atoms with Crippen LogP contribution < -0.4 is 0 Å². The lowest BCUT2D eigenvalue weighted by Gasteiger charge is -2.34. The summed E-state index contributed by atoms with van der Waals surface area (Å²) in [4.78, 5) is 14.7. The first-order valence-corrected chi connectivity index (χ1v) is 11.1. The molecule has 0 N–H and O–H groups in total. The zero-order valence-electron chi connectivity index (χ0n) is 16.8. The first-order valence-electron chi connectivity index (χ1n) is 9.69. The fraction of sp³-hybridized carbons (Fsp3) is 0.409. The van der Waals surface area contributed by atoms with E-state index in [0.29, 0.717) is 43.9 Å². The molecule has 1 fully saturated rings. The lowest BCUT2D eigenvalue weighted by molar-refractivity contribution is -0.132. The first kappa shape index (κ1) is 20.6. The van der Waals surface area contributed by atoms with E-state index in [0.717, 1.165) is 22.3 Å². The summed E-state index contributed by atoms with van der Waals surface area (Å²) in [6, 6.07) is 13.7. The summed E-state index contributed by atoms with van der Waals surface area (Å²) >= 11 is 0. The highest BCUT2D eigenvalue weighted by atomic mass is 32.2. The number of benzene rings is 2. The lowest BCUT2D eigenvalue weighted by Crippen LogP contribution is -2.50. The molecule has 150 valence electrons. The normalized spacial score (nSPS) is 15.6. The van der Waals surface area contributed by atoms with E-state index < -0.39 is 10.0 Å². The molecule has 0 unspecified atom stereocenters. The number of hydrogen-bond acceptors (Lipinski definition) is 3. The van der Waals surface area contributed by atoms with Gasteiger partial charge in [-0.2, -0.15) is 4.31 Å². The summed E-state index contributed by atoms with van der Waals surface area (Å²) in [7, 11) is -3.55. The van der Waals surface area contributed by atoms with Gasteiger partial charge in [-0.25, -0.2) is 8.42 Å². The van der Waals surface area contributed by atoms with Crippen LogP contribution in [0.15, 0.2) is 47.4 Å². The molecule has 0 bridgehead atoms. The maximum absolute atomic E-state index is 13.1. The second kappa shape index (κ2) is 8.45. The number of aryl methyl sites for hydroxylation is 4. The van der Waals surface area contributed by atoms with Crippen molar-refractivity contribution in [1.82, 2.24) is 9.21 Å². The number of carbonyl (C=O) groups is 1. The predicted octanol–water partition coefficient (Wildman–Crippen LogP) is 3.08. The molecule has 5 nitrogen and oxygen atoms in total. The Balaban J connectivity index is 1.62. The molecule has 6 heteroatoms. The van der Waals surface area contributed by atoms with Crippen LogP contribution in [0.5, 0.6) is 0 Å². The van der Waals surface area contributed by atoms with Crippen molar-refractivity contribution in [3.63, 3.8) is 0 Å². The summed E-state index contributed by atoms with van der Waals surface area (Å²) in [5, 5.41) is 0. The Labute approximate surface area is 168 Å². The van der Waals surface area contributed by atoms with Crippen LogP contribution in [0.3, 0.4) is 0 Å². The minimum atomic E-state index is -3.55. The number of rotatable bonds is 5. The quantitative estimate of drug-likeness (QED) is 0.775. The minimum absolute atomic E-state index is 0.0867. The van der Waals surface area contributed by atoms with Crippen LogP contribution in [0.25, 0.3) is 0 Å². The van der Waals surface area contributed by atoms with Gasteiger partial charge in [0.25, 0.3) is 0 Å². The predicted molar refractivity (Wildman–Crippen MR) is 111 cm³/mol. The van der Waals surface area contributed by atoms with Gasteiger partial charge >= 0.3 is 0 Å². The van der Waals surface area contributed by atoms with Crippen LogP contribution >= 0.6 is 0 Å². The molecule has 1 saturated heterocycles. The maximum atomic E-state index is 13.1. The van der Waals surface area contributed by atoms with Crippen LogP contribution in [0, 0.1) is 20.8 Å². The van der Waals surface area contributed by atoms with Gasteiger partial charge in [-0.3, -0.25) is 4.79 Å². The Morgan fingerprint density at radius 2 is 1.50 bits per heavy atom. The third-order valence-electron chi connectivity index (χ3n) is 5.26. The van der Waals surface area contributed by atoms with E-state index in [4.69, 9.17) is 0 Å². The van der Waals surface area contributed by atoms with Crippen LogP contribution in [0.1, 0.15) is 28.7 Å². The van der Waals surface area contributed by atoms with Gasteiger partial charge < -0.3 is 4.90 Å². The van der Waals surface area contributed by atoms with E-state index in [9.17, 15) is 13.2 Å². The summed E-state index contributed by atoms with van der Waals surface area (Å²) in [6.07, 6.45) is 1.16. The van der Waals surface area contributed by atoms with Crippen LogP contribution in [-0.2, 0) is 21.2 Å². The van der Waals surface area contributed by atoms with Crippen molar-refractivity contribution in [2.45, 2.75) is 38.5 Å². The Morgan fingerprint density at radius 3 is 2.07 bits per heavy atom. The molecule has 1 heterocycles. The molecular weight excluding hydrogens is 372 g/mol. The maximum Gasteiger partial charge on any atom is 0.243 e. The van der Waals surface area contributed by atoms with E-state index in [-0.39, 0.29) is 5.91 Å². The fourth-order valence-corrected chi connectivity index (χ4v) is 5.77. The molecule has 0 radical (unpaired) electrons. The molecule has 0 spiro atoms. The first-order chi connectivity index (χ1) is 13.3. The molecule has 1 aliphatic heterocycles. The number of nitrogens with zero attached hydrogens (tertiary/aromatic N) is 2. The van der Waals surface area contributed by atoms with Gasteiger partial charge in [-0.1, -0.05) is 48.0 Å². The zero-order valence-corrected chi connectivity index (χ0v) is 17.6. The molecule has 1 amide bonds. The number of sulfonamides is 1. The Bertz CT molecular complexity index is 924. The molecule has 2 aromatic carbocycles. The van der Waals surface area contributed by atoms with Crippen molar-refractivity contribution in [1.29, 1.82) is 0 Å². The summed E-state index contributed by atoms with van der Waals surface area (Å²) in [5.41, 5.74) is 3.75. The number of piperazine rings is 1. The van der Waals surface area contributed by atoms with Crippen molar-refractivity contribution in [2.24, 2.45) is 0 Å². The average molecular weight is 401 g/mol. The molecule has 0 saturated carbocycles. The molecule has 1 aliphatic rings. The molecular formula is C22H28N2O3S. The standard InChI is InChI=1S/C22H28N2O3S/c1-17-15-18(2)22(19(3)16-17)28(26,27)24-13-11-23(12-14-24)21(25)10-9-20-7-5-4-6-8-20/h4-8,15-16H,9-14H2,1-3H3. The lowest BCUT2D eigenvalue weighted by atomic mass is 10.1. The van der Waals surface area contributed by atoms with Gasteiger partial charge in [0.05, 0.1) is 4.90 Å². The van der Waals surface area contributed by atoms with Gasteiger partial charge in [0.2, 0.25) is 15.9 Å². The molecule has 0 atom stereocenters. The van der Waals surface area contributed by atoms with Crippen molar-refractivity contribution < 1.29 is 13.2 Å². The van der Waals surface area contributed by atoms with Crippen LogP contribution in [0.4, 0.5) is 0 Å². The largest absolute Gasteiger partial charge is 0.340 e. The second-order valence-corrected chi connectivity index (χ2v) is 9.37. The molecule has 0 aliphatic carbocycles. The fourth-order valence-electron chi connectivity index (χ4n) is 3.93. The summed E-state index contributed by atoms with van der Waals surface area (Å²) in [5.74, 6) is 0.0867. The van der Waals surface area contributed by atoms with Crippen molar-refractivity contribution >= 4 is 15.9 Å². The van der Waals surface area contributed by atoms with E-state index in [2.05, 4.69) is 0 Å². The Hall–Kier alpha value is -2.18. The average Bonchev–Trinajstić information content (AvgIpc) is 2.66. The van der Waals surface area contributed by atoms with E-state index in [1.54, 1.807) is 4.90 Å². The monoisotopic (exact) mass is 400 g/mol. The third kappa shape index (κ3) is 4.45. The zero-order chi connectivity index (χ0) is 20.3. The molecule has 2 aromatic rings. The van der Waals surface area contributed by atoms with E-state index in [1.165, 1.54) is 4.31 Å². The van der Waals surface area contributed by atoms with Crippen molar-refractivity contribution in [2.75, 3.05) is 26.2 Å². The van der Waals surface area contributed by atoms with Crippen molar-refractivity contribution in [3.05, 3.63) is 64.7 Å². The highest BCUT2D eigenvalue weighted by molar-refractivity contribution is 7.89. The highest BCUT2D eigenvalue weighted by Gasteiger charge is 2.32. The van der Waals surface area contributed by atoms with Gasteiger partial charge in [0, 0.05) is 32.6 Å². The molecule has 0 aromatic heterocycles. The number of amides is 1. The minimum Gasteiger partial charge on any atom is -0.340 e. The highest BCUT2D eigenvalue weighted by Crippen LogP contribution is 2.26. The molecule has 28 heavy (non-hydrogen) atoms. The second-order valence-electron chi connectivity index (χ2n) is 7.50. The van der Waals surface area contributed by atoms with Crippen LogP contribution in [0.2, 0.25) is 0 Å². The molecule has 3 rings (SSSR count). The van der Waals surface area contributed by atoms with Gasteiger partial charge in [-0.15, -0.1) is 0 Å². The van der Waals surface area contributed by atoms with E-state index in [1.807, 2.05) is 63.2 Å². The SMILES string of the molecule is Cc1cc(C)c(S(=O)(=O)N2CCN(C(=O)CCc3ccccc3)CC2)c(C)c1. The number of carbonyl (C=O) groups excluding carboxylic acids is 1.